The second kappa shape index (κ2) is 6.11. The predicted molar refractivity (Wildman–Crippen MR) is 76.8 cm³/mol. The molecule has 1 heterocycles. The van der Waals surface area contributed by atoms with Crippen molar-refractivity contribution in [2.24, 2.45) is 0 Å². The average Bonchev–Trinajstić information content (AvgIpc) is 2.44. The Labute approximate surface area is 130 Å². The van der Waals surface area contributed by atoms with E-state index in [-0.39, 0.29) is 11.4 Å². The van der Waals surface area contributed by atoms with Gasteiger partial charge < -0.3 is 0 Å². The van der Waals surface area contributed by atoms with Crippen LogP contribution in [0.25, 0.3) is 0 Å². The van der Waals surface area contributed by atoms with E-state index in [9.17, 15) is 0 Å². The van der Waals surface area contributed by atoms with Gasteiger partial charge in [-0.15, -0.1) is 0 Å². The summed E-state index contributed by atoms with van der Waals surface area (Å²) in [5, 5.41) is 19.3. The zero-order valence-electron chi connectivity index (χ0n) is 10.2. The monoisotopic (exact) mass is 320 g/mol. The van der Waals surface area contributed by atoms with Crippen molar-refractivity contribution in [3.8, 4) is 12.1 Å². The molecule has 0 amide bonds. The summed E-state index contributed by atoms with van der Waals surface area (Å²) in [6.45, 7) is 1.73. The molecule has 0 atom stereocenters. The summed E-state index contributed by atoms with van der Waals surface area (Å²) in [5.74, 6) is 0. The Bertz CT molecular complexity index is 762. The number of aryl methyl sites for hydroxylation is 1. The van der Waals surface area contributed by atoms with Crippen LogP contribution in [-0.2, 0) is 0 Å². The maximum absolute atomic E-state index is 8.96. The predicted octanol–water partition coefficient (Wildman–Crippen LogP) is 3.99. The van der Waals surface area contributed by atoms with Gasteiger partial charge in [-0.2, -0.15) is 10.5 Å². The molecular formula is C13H6Cl2N4S. The molecule has 7 heteroatoms. The van der Waals surface area contributed by atoms with Gasteiger partial charge in [-0.1, -0.05) is 35.0 Å². The third-order valence-electron chi connectivity index (χ3n) is 2.34. The van der Waals surface area contributed by atoms with Gasteiger partial charge in [0.05, 0.1) is 15.7 Å². The van der Waals surface area contributed by atoms with Gasteiger partial charge in [0.1, 0.15) is 17.2 Å². The number of hydrogen-bond acceptors (Lipinski definition) is 5. The first-order valence-corrected chi connectivity index (χ1v) is 6.94. The molecule has 0 bridgehead atoms. The van der Waals surface area contributed by atoms with E-state index in [1.807, 2.05) is 12.1 Å². The third kappa shape index (κ3) is 3.02. The highest BCUT2D eigenvalue weighted by molar-refractivity contribution is 7.99. The van der Waals surface area contributed by atoms with E-state index in [2.05, 4.69) is 9.97 Å². The van der Waals surface area contributed by atoms with Crippen LogP contribution in [0, 0.1) is 29.6 Å². The number of rotatable bonds is 2. The molecule has 0 fully saturated rings. The lowest BCUT2D eigenvalue weighted by Gasteiger charge is -2.06. The fraction of sp³-hybridized carbons (Fsp3) is 0.0769. The van der Waals surface area contributed by atoms with Crippen LogP contribution in [0.1, 0.15) is 17.1 Å². The molecule has 0 spiro atoms. The van der Waals surface area contributed by atoms with E-state index in [1.165, 1.54) is 11.8 Å². The molecule has 98 valence electrons. The van der Waals surface area contributed by atoms with Gasteiger partial charge in [0.25, 0.3) is 0 Å². The van der Waals surface area contributed by atoms with E-state index in [1.54, 1.807) is 25.1 Å². The molecule has 0 aliphatic heterocycles. The second-order valence-corrected chi connectivity index (χ2v) is 5.59. The standard InChI is InChI=1S/C13H6Cl2N4S/c1-7-13(19-12(6-17)11(5-16)18-7)20-8-2-3-9(14)10(15)4-8/h2-4H,1H3. The van der Waals surface area contributed by atoms with Crippen LogP contribution in [0.5, 0.6) is 0 Å². The lowest BCUT2D eigenvalue weighted by Crippen LogP contribution is -1.99. The second-order valence-electron chi connectivity index (χ2n) is 3.71. The minimum atomic E-state index is 0.0145. The molecule has 0 aliphatic rings. The van der Waals surface area contributed by atoms with Gasteiger partial charge in [-0.3, -0.25) is 0 Å². The Hall–Kier alpha value is -1.79. The van der Waals surface area contributed by atoms with Gasteiger partial charge in [0.15, 0.2) is 11.4 Å². The van der Waals surface area contributed by atoms with Crippen molar-refractivity contribution in [2.45, 2.75) is 16.8 Å². The van der Waals surface area contributed by atoms with E-state index in [0.29, 0.717) is 20.8 Å². The van der Waals surface area contributed by atoms with Crippen molar-refractivity contribution in [2.75, 3.05) is 0 Å². The van der Waals surface area contributed by atoms with Crippen molar-refractivity contribution >= 4 is 35.0 Å². The highest BCUT2D eigenvalue weighted by Crippen LogP contribution is 2.32. The minimum Gasteiger partial charge on any atom is -0.237 e. The summed E-state index contributed by atoms with van der Waals surface area (Å²) in [5.41, 5.74) is 0.626. The Morgan fingerprint density at radius 1 is 1.05 bits per heavy atom. The molecule has 1 aromatic carbocycles. The Balaban J connectivity index is 2.41. The third-order valence-corrected chi connectivity index (χ3v) is 4.15. The molecule has 0 N–H and O–H groups in total. The van der Waals surface area contributed by atoms with Crippen molar-refractivity contribution < 1.29 is 0 Å². The molecule has 0 unspecified atom stereocenters. The largest absolute Gasteiger partial charge is 0.237 e. The van der Waals surface area contributed by atoms with Crippen molar-refractivity contribution in [3.63, 3.8) is 0 Å². The van der Waals surface area contributed by atoms with Crippen LogP contribution in [0.2, 0.25) is 10.0 Å². The molecule has 1 aromatic heterocycles. The van der Waals surface area contributed by atoms with Crippen molar-refractivity contribution in [1.29, 1.82) is 10.5 Å². The maximum Gasteiger partial charge on any atom is 0.178 e. The molecule has 0 aliphatic carbocycles. The summed E-state index contributed by atoms with van der Waals surface area (Å²) in [6, 6.07) is 8.90. The van der Waals surface area contributed by atoms with Crippen LogP contribution >= 0.6 is 35.0 Å². The normalized spacial score (nSPS) is 9.85. The van der Waals surface area contributed by atoms with Crippen LogP contribution in [0.3, 0.4) is 0 Å². The van der Waals surface area contributed by atoms with Crippen molar-refractivity contribution in [3.05, 3.63) is 45.3 Å². The maximum atomic E-state index is 8.96. The highest BCUT2D eigenvalue weighted by Gasteiger charge is 2.12. The van der Waals surface area contributed by atoms with E-state index >= 15 is 0 Å². The highest BCUT2D eigenvalue weighted by atomic mass is 35.5. The molecule has 20 heavy (non-hydrogen) atoms. The van der Waals surface area contributed by atoms with E-state index in [4.69, 9.17) is 33.7 Å². The van der Waals surface area contributed by atoms with E-state index < -0.39 is 0 Å². The summed E-state index contributed by atoms with van der Waals surface area (Å²) in [4.78, 5) is 9.05. The summed E-state index contributed by atoms with van der Waals surface area (Å²) in [6.07, 6.45) is 0. The van der Waals surface area contributed by atoms with Gasteiger partial charge in [-0.25, -0.2) is 9.97 Å². The number of aromatic nitrogens is 2. The Morgan fingerprint density at radius 2 is 1.70 bits per heavy atom. The number of hydrogen-bond donors (Lipinski definition) is 0. The zero-order chi connectivity index (χ0) is 14.7. The lowest BCUT2D eigenvalue weighted by molar-refractivity contribution is 0.954. The van der Waals surface area contributed by atoms with Gasteiger partial charge in [-0.05, 0) is 25.1 Å². The van der Waals surface area contributed by atoms with E-state index in [0.717, 1.165) is 4.90 Å². The molecule has 0 radical (unpaired) electrons. The number of halogens is 2. The Morgan fingerprint density at radius 3 is 2.30 bits per heavy atom. The van der Waals surface area contributed by atoms with Crippen molar-refractivity contribution in [1.82, 2.24) is 9.97 Å². The summed E-state index contributed by atoms with van der Waals surface area (Å²) < 4.78 is 0. The van der Waals surface area contributed by atoms with Crippen LogP contribution in [-0.4, -0.2) is 9.97 Å². The molecule has 4 nitrogen and oxygen atoms in total. The molecule has 0 saturated carbocycles. The molecular weight excluding hydrogens is 315 g/mol. The summed E-state index contributed by atoms with van der Waals surface area (Å²) >= 11 is 13.1. The number of nitriles is 2. The van der Waals surface area contributed by atoms with Crippen LogP contribution in [0.4, 0.5) is 0 Å². The quantitative estimate of drug-likeness (QED) is 0.836. The first kappa shape index (κ1) is 14.6. The van der Waals surface area contributed by atoms with Gasteiger partial charge in [0.2, 0.25) is 0 Å². The first-order chi connectivity index (χ1) is 9.55. The molecule has 2 rings (SSSR count). The number of nitrogens with zero attached hydrogens (tertiary/aromatic N) is 4. The smallest absolute Gasteiger partial charge is 0.178 e. The van der Waals surface area contributed by atoms with Gasteiger partial charge in [0, 0.05) is 4.90 Å². The fourth-order valence-electron chi connectivity index (χ4n) is 1.41. The summed E-state index contributed by atoms with van der Waals surface area (Å²) in [7, 11) is 0. The fourth-order valence-corrected chi connectivity index (χ4v) is 2.64. The van der Waals surface area contributed by atoms with Crippen LogP contribution in [0.15, 0.2) is 28.1 Å². The average molecular weight is 321 g/mol. The first-order valence-electron chi connectivity index (χ1n) is 5.37. The molecule has 0 saturated heterocycles. The zero-order valence-corrected chi connectivity index (χ0v) is 12.5. The molecule has 2 aromatic rings. The minimum absolute atomic E-state index is 0.0145. The Kier molecular flexibility index (Phi) is 4.46. The SMILES string of the molecule is Cc1nc(C#N)c(C#N)nc1Sc1ccc(Cl)c(Cl)c1. The number of benzene rings is 1. The lowest BCUT2D eigenvalue weighted by atomic mass is 10.3. The topological polar surface area (TPSA) is 73.4 Å². The van der Waals surface area contributed by atoms with Gasteiger partial charge >= 0.3 is 0 Å². The van der Waals surface area contributed by atoms with Crippen LogP contribution < -0.4 is 0 Å².